The first-order valence-corrected chi connectivity index (χ1v) is 6.60. The Morgan fingerprint density at radius 1 is 1.33 bits per heavy atom. The molecule has 2 rings (SSSR count). The number of hydrogen-bond acceptors (Lipinski definition) is 2. The van der Waals surface area contributed by atoms with Crippen molar-refractivity contribution < 1.29 is 9.84 Å². The molecule has 15 heavy (non-hydrogen) atoms. The minimum Gasteiger partial charge on any atom is -0.393 e. The maximum atomic E-state index is 9.52. The van der Waals surface area contributed by atoms with Gasteiger partial charge in [0.25, 0.3) is 0 Å². The zero-order chi connectivity index (χ0) is 10.7. The highest BCUT2D eigenvalue weighted by molar-refractivity contribution is 4.92. The van der Waals surface area contributed by atoms with Crippen LogP contribution in [0.3, 0.4) is 0 Å². The second-order valence-corrected chi connectivity index (χ2v) is 5.31. The monoisotopic (exact) mass is 212 g/mol. The second kappa shape index (κ2) is 4.84. The SMILES string of the molecule is CCC(O)CCC1CCC2(CCCC2)O1. The molecule has 1 saturated heterocycles. The van der Waals surface area contributed by atoms with Gasteiger partial charge in [-0.2, -0.15) is 0 Å². The van der Waals surface area contributed by atoms with Crippen molar-refractivity contribution in [3.8, 4) is 0 Å². The summed E-state index contributed by atoms with van der Waals surface area (Å²) in [6.07, 6.45) is 10.9. The van der Waals surface area contributed by atoms with Crippen molar-refractivity contribution in [2.45, 2.75) is 82.5 Å². The fraction of sp³-hybridized carbons (Fsp3) is 1.00. The fourth-order valence-electron chi connectivity index (χ4n) is 3.07. The Balaban J connectivity index is 1.73. The number of ether oxygens (including phenoxy) is 1. The van der Waals surface area contributed by atoms with Crippen LogP contribution in [-0.4, -0.2) is 22.9 Å². The van der Waals surface area contributed by atoms with Crippen molar-refractivity contribution in [1.82, 2.24) is 0 Å². The molecule has 2 aliphatic rings. The third-order valence-corrected chi connectivity index (χ3v) is 4.15. The van der Waals surface area contributed by atoms with Gasteiger partial charge in [0.15, 0.2) is 0 Å². The molecule has 0 aromatic carbocycles. The lowest BCUT2D eigenvalue weighted by atomic mass is 9.97. The highest BCUT2D eigenvalue weighted by atomic mass is 16.5. The number of aliphatic hydroxyl groups excluding tert-OH is 1. The van der Waals surface area contributed by atoms with Crippen LogP contribution in [0.5, 0.6) is 0 Å². The highest BCUT2D eigenvalue weighted by Gasteiger charge is 2.41. The predicted molar refractivity (Wildman–Crippen MR) is 60.8 cm³/mol. The summed E-state index contributed by atoms with van der Waals surface area (Å²) in [5.74, 6) is 0. The van der Waals surface area contributed by atoms with Gasteiger partial charge in [-0.05, 0) is 44.9 Å². The molecule has 88 valence electrons. The highest BCUT2D eigenvalue weighted by Crippen LogP contribution is 2.44. The van der Waals surface area contributed by atoms with E-state index in [1.165, 1.54) is 38.5 Å². The molecule has 0 aromatic heterocycles. The molecule has 0 radical (unpaired) electrons. The Morgan fingerprint density at radius 3 is 2.73 bits per heavy atom. The molecule has 0 amide bonds. The summed E-state index contributed by atoms with van der Waals surface area (Å²) >= 11 is 0. The largest absolute Gasteiger partial charge is 0.393 e. The summed E-state index contributed by atoms with van der Waals surface area (Å²) in [7, 11) is 0. The summed E-state index contributed by atoms with van der Waals surface area (Å²) in [6.45, 7) is 2.04. The van der Waals surface area contributed by atoms with Gasteiger partial charge in [-0.15, -0.1) is 0 Å². The Kier molecular flexibility index (Phi) is 3.68. The third kappa shape index (κ3) is 2.73. The standard InChI is InChI=1S/C13H24O2/c1-2-11(14)5-6-12-7-10-13(15-12)8-3-4-9-13/h11-12,14H,2-10H2,1H3. The Labute approximate surface area is 93.0 Å². The second-order valence-electron chi connectivity index (χ2n) is 5.31. The average molecular weight is 212 g/mol. The molecule has 0 aromatic rings. The van der Waals surface area contributed by atoms with Crippen LogP contribution in [-0.2, 0) is 4.74 Å². The van der Waals surface area contributed by atoms with Gasteiger partial charge in [0.05, 0.1) is 17.8 Å². The van der Waals surface area contributed by atoms with Gasteiger partial charge >= 0.3 is 0 Å². The van der Waals surface area contributed by atoms with E-state index in [0.717, 1.165) is 19.3 Å². The van der Waals surface area contributed by atoms with E-state index in [9.17, 15) is 5.11 Å². The van der Waals surface area contributed by atoms with Crippen molar-refractivity contribution in [3.63, 3.8) is 0 Å². The van der Waals surface area contributed by atoms with Gasteiger partial charge in [-0.25, -0.2) is 0 Å². The minimum absolute atomic E-state index is 0.117. The van der Waals surface area contributed by atoms with E-state index in [0.29, 0.717) is 6.10 Å². The van der Waals surface area contributed by atoms with Gasteiger partial charge in [0.2, 0.25) is 0 Å². The van der Waals surface area contributed by atoms with Crippen molar-refractivity contribution in [2.75, 3.05) is 0 Å². The van der Waals surface area contributed by atoms with Gasteiger partial charge in [-0.3, -0.25) is 0 Å². The fourth-order valence-corrected chi connectivity index (χ4v) is 3.07. The van der Waals surface area contributed by atoms with Crippen LogP contribution in [0.1, 0.15) is 64.7 Å². The summed E-state index contributed by atoms with van der Waals surface area (Å²) in [4.78, 5) is 0. The molecule has 1 saturated carbocycles. The van der Waals surface area contributed by atoms with Crippen LogP contribution in [0.25, 0.3) is 0 Å². The average Bonchev–Trinajstić information content (AvgIpc) is 2.86. The molecule has 1 aliphatic heterocycles. The molecule has 1 aliphatic carbocycles. The summed E-state index contributed by atoms with van der Waals surface area (Å²) in [5, 5.41) is 9.52. The van der Waals surface area contributed by atoms with Crippen LogP contribution in [0.15, 0.2) is 0 Å². The topological polar surface area (TPSA) is 29.5 Å². The molecule has 2 heteroatoms. The van der Waals surface area contributed by atoms with Crippen molar-refractivity contribution in [2.24, 2.45) is 0 Å². The van der Waals surface area contributed by atoms with E-state index < -0.39 is 0 Å². The maximum absolute atomic E-state index is 9.52. The summed E-state index contributed by atoms with van der Waals surface area (Å²) in [6, 6.07) is 0. The maximum Gasteiger partial charge on any atom is 0.0687 e. The van der Waals surface area contributed by atoms with Crippen LogP contribution < -0.4 is 0 Å². The zero-order valence-corrected chi connectivity index (χ0v) is 9.87. The summed E-state index contributed by atoms with van der Waals surface area (Å²) < 4.78 is 6.19. The lowest BCUT2D eigenvalue weighted by Gasteiger charge is -2.24. The molecular weight excluding hydrogens is 188 g/mol. The van der Waals surface area contributed by atoms with Gasteiger partial charge in [0.1, 0.15) is 0 Å². The van der Waals surface area contributed by atoms with E-state index in [4.69, 9.17) is 4.74 Å². The molecular formula is C13H24O2. The molecule has 1 spiro atoms. The number of aliphatic hydroxyl groups is 1. The smallest absolute Gasteiger partial charge is 0.0687 e. The Bertz CT molecular complexity index is 197. The first-order chi connectivity index (χ1) is 7.24. The van der Waals surface area contributed by atoms with Crippen LogP contribution >= 0.6 is 0 Å². The first kappa shape index (κ1) is 11.4. The van der Waals surface area contributed by atoms with Gasteiger partial charge in [-0.1, -0.05) is 19.8 Å². The molecule has 0 bridgehead atoms. The van der Waals surface area contributed by atoms with Crippen LogP contribution in [0.2, 0.25) is 0 Å². The van der Waals surface area contributed by atoms with E-state index in [1.54, 1.807) is 0 Å². The zero-order valence-electron chi connectivity index (χ0n) is 9.87. The molecule has 1 N–H and O–H groups in total. The minimum atomic E-state index is -0.117. The van der Waals surface area contributed by atoms with E-state index in [-0.39, 0.29) is 11.7 Å². The van der Waals surface area contributed by atoms with Crippen LogP contribution in [0.4, 0.5) is 0 Å². The normalized spacial score (nSPS) is 31.2. The Hall–Kier alpha value is -0.0800. The van der Waals surface area contributed by atoms with Crippen molar-refractivity contribution in [3.05, 3.63) is 0 Å². The lowest BCUT2D eigenvalue weighted by molar-refractivity contribution is -0.0429. The predicted octanol–water partition coefficient (Wildman–Crippen LogP) is 3.03. The van der Waals surface area contributed by atoms with Gasteiger partial charge in [0, 0.05) is 0 Å². The molecule has 2 atom stereocenters. The van der Waals surface area contributed by atoms with E-state index in [2.05, 4.69) is 0 Å². The quantitative estimate of drug-likeness (QED) is 0.776. The molecule has 2 fully saturated rings. The van der Waals surface area contributed by atoms with Crippen molar-refractivity contribution in [1.29, 1.82) is 0 Å². The molecule has 2 unspecified atom stereocenters. The Morgan fingerprint density at radius 2 is 2.07 bits per heavy atom. The third-order valence-electron chi connectivity index (χ3n) is 4.15. The summed E-state index contributed by atoms with van der Waals surface area (Å²) in [5.41, 5.74) is 0.266. The van der Waals surface area contributed by atoms with Gasteiger partial charge < -0.3 is 9.84 Å². The van der Waals surface area contributed by atoms with Crippen LogP contribution in [0, 0.1) is 0 Å². The first-order valence-electron chi connectivity index (χ1n) is 6.60. The van der Waals surface area contributed by atoms with Crippen molar-refractivity contribution >= 4 is 0 Å². The lowest BCUT2D eigenvalue weighted by Crippen LogP contribution is -2.25. The molecule has 1 heterocycles. The van der Waals surface area contributed by atoms with E-state index >= 15 is 0 Å². The van der Waals surface area contributed by atoms with E-state index in [1.807, 2.05) is 6.92 Å². The number of rotatable bonds is 4. The molecule has 2 nitrogen and oxygen atoms in total. The number of hydrogen-bond donors (Lipinski definition) is 1.